The molecule has 5 nitrogen and oxygen atoms in total. The Kier molecular flexibility index (Phi) is 4.09. The molecule has 20 heavy (non-hydrogen) atoms. The molecule has 1 atom stereocenters. The molecular weight excluding hydrogens is 258 g/mol. The van der Waals surface area contributed by atoms with Crippen molar-refractivity contribution in [3.05, 3.63) is 35.4 Å². The first-order valence-corrected chi connectivity index (χ1v) is 6.64. The fourth-order valence-electron chi connectivity index (χ4n) is 2.14. The van der Waals surface area contributed by atoms with E-state index in [-0.39, 0.29) is 5.91 Å². The van der Waals surface area contributed by atoms with Gasteiger partial charge in [0.05, 0.1) is 6.61 Å². The molecule has 1 fully saturated rings. The number of nitrogens with one attached hydrogen (secondary N) is 1. The van der Waals surface area contributed by atoms with Crippen LogP contribution in [0.15, 0.2) is 24.3 Å². The van der Waals surface area contributed by atoms with Crippen LogP contribution < -0.4 is 5.32 Å². The summed E-state index contributed by atoms with van der Waals surface area (Å²) in [4.78, 5) is 23.2. The van der Waals surface area contributed by atoms with Gasteiger partial charge in [0, 0.05) is 18.1 Å². The number of rotatable bonds is 4. The number of amides is 1. The summed E-state index contributed by atoms with van der Waals surface area (Å²) in [5.41, 5.74) is 0.246. The number of carbonyl (C=O) groups excluding carboxylic acids is 1. The van der Waals surface area contributed by atoms with Gasteiger partial charge in [-0.05, 0) is 38.0 Å². The fraction of sp³-hybridized carbons (Fsp3) is 0.467. The Bertz CT molecular complexity index is 518. The molecule has 0 radical (unpaired) electrons. The van der Waals surface area contributed by atoms with Crippen molar-refractivity contribution in [1.29, 1.82) is 0 Å². The van der Waals surface area contributed by atoms with Gasteiger partial charge in [0.2, 0.25) is 0 Å². The standard InChI is InChI=1S/C15H19NO4/c1-15(2,14(18)19)16-13(17)11-5-3-4-10(8-11)12-6-7-20-9-12/h3-5,8,12H,6-7,9H2,1-2H3,(H,16,17)(H,18,19). The molecule has 1 heterocycles. The molecule has 1 aromatic rings. The Morgan fingerprint density at radius 2 is 2.15 bits per heavy atom. The second-order valence-electron chi connectivity index (χ2n) is 5.57. The van der Waals surface area contributed by atoms with Gasteiger partial charge in [-0.1, -0.05) is 12.1 Å². The highest BCUT2D eigenvalue weighted by Gasteiger charge is 2.29. The van der Waals surface area contributed by atoms with Crippen molar-refractivity contribution < 1.29 is 19.4 Å². The summed E-state index contributed by atoms with van der Waals surface area (Å²) in [7, 11) is 0. The monoisotopic (exact) mass is 277 g/mol. The molecule has 2 rings (SSSR count). The van der Waals surface area contributed by atoms with Crippen LogP contribution in [0.3, 0.4) is 0 Å². The highest BCUT2D eigenvalue weighted by Crippen LogP contribution is 2.25. The van der Waals surface area contributed by atoms with Crippen LogP contribution in [0.25, 0.3) is 0 Å². The first-order chi connectivity index (χ1) is 9.40. The summed E-state index contributed by atoms with van der Waals surface area (Å²) >= 11 is 0. The quantitative estimate of drug-likeness (QED) is 0.879. The van der Waals surface area contributed by atoms with Crippen molar-refractivity contribution in [1.82, 2.24) is 5.32 Å². The van der Waals surface area contributed by atoms with E-state index in [0.717, 1.165) is 18.6 Å². The smallest absolute Gasteiger partial charge is 0.328 e. The molecule has 0 aliphatic carbocycles. The summed E-state index contributed by atoms with van der Waals surface area (Å²) in [6.45, 7) is 4.34. The highest BCUT2D eigenvalue weighted by atomic mass is 16.5. The summed E-state index contributed by atoms with van der Waals surface area (Å²) in [5, 5.41) is 11.6. The zero-order valence-corrected chi connectivity index (χ0v) is 11.7. The number of ether oxygens (including phenoxy) is 1. The summed E-state index contributed by atoms with van der Waals surface area (Å²) in [5.74, 6) is -1.13. The van der Waals surface area contributed by atoms with E-state index in [1.54, 1.807) is 6.07 Å². The maximum absolute atomic E-state index is 12.1. The minimum absolute atomic E-state index is 0.315. The van der Waals surface area contributed by atoms with Crippen LogP contribution in [-0.4, -0.2) is 35.7 Å². The zero-order chi connectivity index (χ0) is 14.8. The molecule has 2 N–H and O–H groups in total. The lowest BCUT2D eigenvalue weighted by Gasteiger charge is -2.21. The third kappa shape index (κ3) is 3.17. The van der Waals surface area contributed by atoms with Gasteiger partial charge in [-0.25, -0.2) is 4.79 Å². The minimum Gasteiger partial charge on any atom is -0.480 e. The number of aliphatic carboxylic acids is 1. The van der Waals surface area contributed by atoms with E-state index < -0.39 is 11.5 Å². The van der Waals surface area contributed by atoms with Gasteiger partial charge < -0.3 is 15.2 Å². The van der Waals surface area contributed by atoms with Gasteiger partial charge in [0.15, 0.2) is 0 Å². The highest BCUT2D eigenvalue weighted by molar-refractivity contribution is 5.97. The van der Waals surface area contributed by atoms with E-state index in [2.05, 4.69) is 5.32 Å². The maximum Gasteiger partial charge on any atom is 0.328 e. The molecule has 5 heteroatoms. The van der Waals surface area contributed by atoms with E-state index in [1.165, 1.54) is 13.8 Å². The lowest BCUT2D eigenvalue weighted by Crippen LogP contribution is -2.49. The van der Waals surface area contributed by atoms with Crippen molar-refractivity contribution in [2.75, 3.05) is 13.2 Å². The van der Waals surface area contributed by atoms with E-state index >= 15 is 0 Å². The largest absolute Gasteiger partial charge is 0.480 e. The van der Waals surface area contributed by atoms with E-state index in [1.807, 2.05) is 18.2 Å². The van der Waals surface area contributed by atoms with Crippen LogP contribution in [0.5, 0.6) is 0 Å². The fourth-order valence-corrected chi connectivity index (χ4v) is 2.14. The molecule has 1 aliphatic rings. The number of hydrogen-bond acceptors (Lipinski definition) is 3. The van der Waals surface area contributed by atoms with Crippen molar-refractivity contribution in [2.45, 2.75) is 31.7 Å². The Morgan fingerprint density at radius 3 is 2.75 bits per heavy atom. The molecule has 0 spiro atoms. The van der Waals surface area contributed by atoms with Gasteiger partial charge in [-0.2, -0.15) is 0 Å². The molecule has 1 unspecified atom stereocenters. The van der Waals surface area contributed by atoms with Crippen LogP contribution in [0, 0.1) is 0 Å². The van der Waals surface area contributed by atoms with E-state index in [0.29, 0.717) is 18.1 Å². The van der Waals surface area contributed by atoms with Gasteiger partial charge in [0.1, 0.15) is 5.54 Å². The molecule has 108 valence electrons. The van der Waals surface area contributed by atoms with Crippen LogP contribution in [-0.2, 0) is 9.53 Å². The first-order valence-electron chi connectivity index (χ1n) is 6.64. The molecule has 0 saturated carbocycles. The second-order valence-corrected chi connectivity index (χ2v) is 5.57. The SMILES string of the molecule is CC(C)(NC(=O)c1cccc(C2CCOC2)c1)C(=O)O. The summed E-state index contributed by atoms with van der Waals surface area (Å²) in [6, 6.07) is 7.29. The number of carboxylic acid groups (broad SMARTS) is 1. The molecular formula is C15H19NO4. The molecule has 0 bridgehead atoms. The predicted molar refractivity (Wildman–Crippen MR) is 73.8 cm³/mol. The van der Waals surface area contributed by atoms with Crippen molar-refractivity contribution in [2.24, 2.45) is 0 Å². The van der Waals surface area contributed by atoms with Crippen molar-refractivity contribution >= 4 is 11.9 Å². The van der Waals surface area contributed by atoms with Gasteiger partial charge in [0.25, 0.3) is 5.91 Å². The van der Waals surface area contributed by atoms with Crippen LogP contribution in [0.2, 0.25) is 0 Å². The minimum atomic E-state index is -1.29. The zero-order valence-electron chi connectivity index (χ0n) is 11.7. The molecule has 1 aromatic carbocycles. The van der Waals surface area contributed by atoms with Gasteiger partial charge in [-0.15, -0.1) is 0 Å². The van der Waals surface area contributed by atoms with Crippen LogP contribution >= 0.6 is 0 Å². The molecule has 1 amide bonds. The Labute approximate surface area is 117 Å². The number of hydrogen-bond donors (Lipinski definition) is 2. The van der Waals surface area contributed by atoms with E-state index in [9.17, 15) is 9.59 Å². The average molecular weight is 277 g/mol. The molecule has 0 aromatic heterocycles. The Hall–Kier alpha value is -1.88. The van der Waals surface area contributed by atoms with Crippen molar-refractivity contribution in [3.63, 3.8) is 0 Å². The lowest BCUT2D eigenvalue weighted by molar-refractivity contribution is -0.143. The average Bonchev–Trinajstić information content (AvgIpc) is 2.92. The van der Waals surface area contributed by atoms with Crippen LogP contribution in [0.1, 0.15) is 42.1 Å². The molecule has 1 aliphatic heterocycles. The van der Waals surface area contributed by atoms with Gasteiger partial charge in [-0.3, -0.25) is 4.79 Å². The second kappa shape index (κ2) is 5.63. The topological polar surface area (TPSA) is 75.6 Å². The number of benzene rings is 1. The normalized spacial score (nSPS) is 18.8. The Balaban J connectivity index is 2.14. The third-order valence-electron chi connectivity index (χ3n) is 3.51. The van der Waals surface area contributed by atoms with Crippen LogP contribution in [0.4, 0.5) is 0 Å². The summed E-state index contributed by atoms with van der Waals surface area (Å²) in [6.07, 6.45) is 0.950. The lowest BCUT2D eigenvalue weighted by atomic mass is 9.96. The number of carbonyl (C=O) groups is 2. The molecule has 1 saturated heterocycles. The van der Waals surface area contributed by atoms with E-state index in [4.69, 9.17) is 9.84 Å². The predicted octanol–water partition coefficient (Wildman–Crippen LogP) is 1.78. The van der Waals surface area contributed by atoms with Crippen molar-refractivity contribution in [3.8, 4) is 0 Å². The maximum atomic E-state index is 12.1. The summed E-state index contributed by atoms with van der Waals surface area (Å²) < 4.78 is 5.35. The van der Waals surface area contributed by atoms with Gasteiger partial charge >= 0.3 is 5.97 Å². The number of carboxylic acids is 1. The first kappa shape index (κ1) is 14.5. The third-order valence-corrected chi connectivity index (χ3v) is 3.51. The Morgan fingerprint density at radius 1 is 1.40 bits per heavy atom.